The van der Waals surface area contributed by atoms with E-state index in [0.717, 1.165) is 12.1 Å². The Hall–Kier alpha value is -3.09. The molecule has 186 valence electrons. The van der Waals surface area contributed by atoms with Crippen molar-refractivity contribution in [3.05, 3.63) is 35.0 Å². The molecule has 0 spiro atoms. The van der Waals surface area contributed by atoms with Gasteiger partial charge in [0, 0.05) is 18.0 Å². The molecule has 2 atom stereocenters. The Morgan fingerprint density at radius 3 is 2.63 bits per heavy atom. The molecule has 13 heteroatoms. The number of ether oxygens (including phenoxy) is 1. The van der Waals surface area contributed by atoms with Crippen LogP contribution in [0.15, 0.2) is 18.3 Å². The quantitative estimate of drug-likeness (QED) is 0.399. The van der Waals surface area contributed by atoms with E-state index >= 15 is 0 Å². The van der Waals surface area contributed by atoms with Crippen LogP contribution in [0.25, 0.3) is 11.2 Å². The van der Waals surface area contributed by atoms with Crippen molar-refractivity contribution in [1.29, 1.82) is 0 Å². The van der Waals surface area contributed by atoms with Crippen molar-refractivity contribution >= 4 is 46.3 Å². The Morgan fingerprint density at radius 1 is 1.20 bits per heavy atom. The van der Waals surface area contributed by atoms with Crippen molar-refractivity contribution in [2.45, 2.75) is 43.9 Å². The van der Waals surface area contributed by atoms with Crippen LogP contribution in [0, 0.1) is 17.6 Å². The van der Waals surface area contributed by atoms with Crippen molar-refractivity contribution in [3.8, 4) is 0 Å². The van der Waals surface area contributed by atoms with Crippen molar-refractivity contribution in [2.75, 3.05) is 23.8 Å². The molecule has 1 aliphatic carbocycles. The van der Waals surface area contributed by atoms with Crippen molar-refractivity contribution < 1.29 is 23.4 Å². The average Bonchev–Trinajstić information content (AvgIpc) is 3.38. The number of anilines is 3. The fraction of sp³-hybridized carbons (Fsp3) is 0.455. The van der Waals surface area contributed by atoms with Crippen molar-refractivity contribution in [1.82, 2.24) is 19.5 Å². The number of carbonyl (C=O) groups excluding carboxylic acids is 1. The first kappa shape index (κ1) is 23.6. The molecule has 1 saturated heterocycles. The summed E-state index contributed by atoms with van der Waals surface area (Å²) < 4.78 is 35.2. The van der Waals surface area contributed by atoms with Gasteiger partial charge in [-0.25, -0.2) is 18.7 Å². The first-order chi connectivity index (χ1) is 16.8. The average molecular weight is 508 g/mol. The highest BCUT2D eigenvalue weighted by Gasteiger charge is 2.30. The number of aliphatic hydroxyl groups excluding tert-OH is 1. The molecule has 0 bridgehead atoms. The molecule has 5 rings (SSSR count). The lowest BCUT2D eigenvalue weighted by atomic mass is 9.85. The van der Waals surface area contributed by atoms with E-state index in [1.807, 2.05) is 4.57 Å². The molecule has 1 saturated carbocycles. The third kappa shape index (κ3) is 4.73. The number of benzene rings is 1. The summed E-state index contributed by atoms with van der Waals surface area (Å²) in [4.78, 5) is 25.1. The number of imidazole rings is 1. The summed E-state index contributed by atoms with van der Waals surface area (Å²) in [5.41, 5.74) is 6.29. The van der Waals surface area contributed by atoms with Crippen LogP contribution < -0.4 is 16.4 Å². The fourth-order valence-corrected chi connectivity index (χ4v) is 4.87. The molecule has 1 amide bonds. The van der Waals surface area contributed by atoms with E-state index in [1.54, 1.807) is 0 Å². The normalized spacial score (nSPS) is 24.6. The number of rotatable bonds is 6. The van der Waals surface area contributed by atoms with E-state index in [2.05, 4.69) is 25.6 Å². The van der Waals surface area contributed by atoms with Gasteiger partial charge in [0.05, 0.1) is 42.3 Å². The summed E-state index contributed by atoms with van der Waals surface area (Å²) in [6, 6.07) is 1.26. The molecule has 3 aromatic rings. The van der Waals surface area contributed by atoms with Crippen LogP contribution in [0.1, 0.15) is 31.7 Å². The number of halogens is 3. The highest BCUT2D eigenvalue weighted by Crippen LogP contribution is 2.38. The number of carbonyl (C=O) groups is 1. The predicted molar refractivity (Wildman–Crippen MR) is 124 cm³/mol. The molecule has 2 aliphatic rings. The number of hydrogen-bond donors (Lipinski definition) is 4. The van der Waals surface area contributed by atoms with Gasteiger partial charge in [-0.2, -0.15) is 4.98 Å². The van der Waals surface area contributed by atoms with Crippen LogP contribution in [0.5, 0.6) is 0 Å². The van der Waals surface area contributed by atoms with Crippen LogP contribution in [0.4, 0.5) is 26.4 Å². The lowest BCUT2D eigenvalue weighted by Gasteiger charge is -2.29. The number of hydrogen-bond acceptors (Lipinski definition) is 8. The Balaban J connectivity index is 1.54. The van der Waals surface area contributed by atoms with Gasteiger partial charge in [0.15, 0.2) is 11.5 Å². The number of fused-ring (bicyclic) bond motifs is 1. The van der Waals surface area contributed by atoms with Crippen LogP contribution in [-0.4, -0.2) is 55.9 Å². The van der Waals surface area contributed by atoms with Gasteiger partial charge in [-0.1, -0.05) is 11.6 Å². The van der Waals surface area contributed by atoms with Gasteiger partial charge in [0.1, 0.15) is 11.3 Å². The third-order valence-corrected chi connectivity index (χ3v) is 6.80. The number of nitrogens with one attached hydrogen (secondary N) is 2. The highest BCUT2D eigenvalue weighted by atomic mass is 35.5. The minimum atomic E-state index is -0.866. The molecule has 10 nitrogen and oxygen atoms in total. The van der Waals surface area contributed by atoms with Gasteiger partial charge in [-0.15, -0.1) is 0 Å². The van der Waals surface area contributed by atoms with E-state index in [-0.39, 0.29) is 53.1 Å². The van der Waals surface area contributed by atoms with Crippen molar-refractivity contribution in [2.24, 2.45) is 11.7 Å². The minimum absolute atomic E-state index is 0.118. The second kappa shape index (κ2) is 9.51. The van der Waals surface area contributed by atoms with Crippen LogP contribution >= 0.6 is 11.6 Å². The first-order valence-corrected chi connectivity index (χ1v) is 11.7. The summed E-state index contributed by atoms with van der Waals surface area (Å²) in [5, 5.41) is 15.9. The van der Waals surface area contributed by atoms with E-state index < -0.39 is 17.7 Å². The monoisotopic (exact) mass is 507 g/mol. The largest absolute Gasteiger partial charge is 0.388 e. The molecule has 0 radical (unpaired) electrons. The molecular formula is C22H24ClF2N7O3. The number of aliphatic hydroxyl groups is 1. The Morgan fingerprint density at radius 2 is 1.97 bits per heavy atom. The first-order valence-electron chi connectivity index (χ1n) is 11.3. The zero-order valence-electron chi connectivity index (χ0n) is 18.5. The summed E-state index contributed by atoms with van der Waals surface area (Å²) in [7, 11) is 0. The standard InChI is InChI=1S/C22H24ClF2N7O3/c23-13-5-11(24)6-14(25)18(13)30-22-29-15-7-27-21(28-16-8-35-9-17(16)33)31-20(15)32(22)12-3-1-10(2-4-12)19(26)34/h5-7,10,12,16-17,33H,1-4,8-9H2,(H2,26,34)(H,29,30)(H,27,28,31)/t10-,12+,16-,17-/m0/s1. The maximum absolute atomic E-state index is 14.5. The van der Waals surface area contributed by atoms with E-state index in [4.69, 9.17) is 22.1 Å². The second-order valence-electron chi connectivity index (χ2n) is 8.84. The van der Waals surface area contributed by atoms with Crippen LogP contribution in [-0.2, 0) is 9.53 Å². The number of nitrogens with zero attached hydrogens (tertiary/aromatic N) is 4. The molecule has 0 unspecified atom stereocenters. The van der Waals surface area contributed by atoms with E-state index in [1.165, 1.54) is 6.20 Å². The Labute approximate surface area is 203 Å². The zero-order valence-corrected chi connectivity index (χ0v) is 19.3. The lowest BCUT2D eigenvalue weighted by molar-refractivity contribution is -0.122. The topological polar surface area (TPSA) is 140 Å². The molecule has 3 heterocycles. The zero-order chi connectivity index (χ0) is 24.7. The summed E-state index contributed by atoms with van der Waals surface area (Å²) in [5.74, 6) is -1.67. The van der Waals surface area contributed by atoms with E-state index in [9.17, 15) is 18.7 Å². The molecule has 5 N–H and O–H groups in total. The second-order valence-corrected chi connectivity index (χ2v) is 9.25. The Bertz CT molecular complexity index is 1240. The summed E-state index contributed by atoms with van der Waals surface area (Å²) >= 11 is 6.11. The van der Waals surface area contributed by atoms with Gasteiger partial charge < -0.3 is 26.2 Å². The van der Waals surface area contributed by atoms with Gasteiger partial charge in [0.2, 0.25) is 17.8 Å². The summed E-state index contributed by atoms with van der Waals surface area (Å²) in [6.07, 6.45) is 3.25. The van der Waals surface area contributed by atoms with Gasteiger partial charge in [-0.05, 0) is 31.7 Å². The van der Waals surface area contributed by atoms with E-state index in [0.29, 0.717) is 43.5 Å². The molecule has 1 aromatic carbocycles. The molecule has 35 heavy (non-hydrogen) atoms. The predicted octanol–water partition coefficient (Wildman–Crippen LogP) is 2.89. The third-order valence-electron chi connectivity index (χ3n) is 6.51. The van der Waals surface area contributed by atoms with Crippen LogP contribution in [0.3, 0.4) is 0 Å². The number of primary amides is 1. The van der Waals surface area contributed by atoms with Gasteiger partial charge in [0.25, 0.3) is 0 Å². The van der Waals surface area contributed by atoms with Crippen LogP contribution in [0.2, 0.25) is 5.02 Å². The fourth-order valence-electron chi connectivity index (χ4n) is 4.63. The Kier molecular flexibility index (Phi) is 6.43. The minimum Gasteiger partial charge on any atom is -0.388 e. The summed E-state index contributed by atoms with van der Waals surface area (Å²) in [6.45, 7) is 0.535. The maximum atomic E-state index is 14.5. The SMILES string of the molecule is NC(=O)[C@H]1CC[C@@H](n2c(Nc3c(F)cc(F)cc3Cl)nc3cnc(N[C@H]4COC[C@@H]4O)nc32)CC1. The molecule has 2 aromatic heterocycles. The maximum Gasteiger partial charge on any atom is 0.225 e. The number of aromatic nitrogens is 4. The lowest BCUT2D eigenvalue weighted by Crippen LogP contribution is -2.32. The number of nitrogens with two attached hydrogens (primary N) is 1. The molecule has 1 aliphatic heterocycles. The highest BCUT2D eigenvalue weighted by molar-refractivity contribution is 6.33. The molecular weight excluding hydrogens is 484 g/mol. The smallest absolute Gasteiger partial charge is 0.225 e. The van der Waals surface area contributed by atoms with Crippen molar-refractivity contribution in [3.63, 3.8) is 0 Å². The van der Waals surface area contributed by atoms with Gasteiger partial charge >= 0.3 is 0 Å². The molecule has 2 fully saturated rings. The van der Waals surface area contributed by atoms with Gasteiger partial charge in [-0.3, -0.25) is 9.36 Å². The number of amides is 1.